The number of H-pyrrole nitrogens is 1. The molecule has 3 rings (SSSR count). The molecule has 2 aromatic heterocycles. The van der Waals surface area contributed by atoms with Crippen LogP contribution < -0.4 is 4.74 Å². The number of fused-ring (bicyclic) bond motifs is 1. The highest BCUT2D eigenvalue weighted by Gasteiger charge is 2.12. The van der Waals surface area contributed by atoms with Crippen LogP contribution in [-0.4, -0.2) is 27.2 Å². The number of rotatable bonds is 3. The highest BCUT2D eigenvalue weighted by atomic mass is 79.9. The maximum atomic E-state index is 9.78. The van der Waals surface area contributed by atoms with Gasteiger partial charge < -0.3 is 14.8 Å². The number of aromatic nitrogens is 3. The Labute approximate surface area is 150 Å². The minimum absolute atomic E-state index is 0.132. The number of aromatic amines is 1. The average molecular weight is 406 g/mol. The fourth-order valence-corrected chi connectivity index (χ4v) is 2.71. The number of aromatic hydroxyl groups is 1. The van der Waals surface area contributed by atoms with Crippen LogP contribution in [0.1, 0.15) is 11.4 Å². The van der Waals surface area contributed by atoms with Crippen molar-refractivity contribution < 1.29 is 9.84 Å². The van der Waals surface area contributed by atoms with Gasteiger partial charge in [0.1, 0.15) is 6.07 Å². The number of methoxy groups -OCH3 is 1. The molecule has 0 aliphatic heterocycles. The molecule has 0 atom stereocenters. The second kappa shape index (κ2) is 6.51. The molecule has 0 saturated heterocycles. The molecule has 120 valence electrons. The van der Waals surface area contributed by atoms with Crippen molar-refractivity contribution in [3.63, 3.8) is 0 Å². The van der Waals surface area contributed by atoms with E-state index in [1.54, 1.807) is 18.3 Å². The van der Waals surface area contributed by atoms with E-state index < -0.39 is 0 Å². The fourth-order valence-electron chi connectivity index (χ4n) is 2.16. The third kappa shape index (κ3) is 3.07. The van der Waals surface area contributed by atoms with Gasteiger partial charge in [-0.2, -0.15) is 5.26 Å². The van der Waals surface area contributed by atoms with Gasteiger partial charge in [0.05, 0.1) is 23.2 Å². The van der Waals surface area contributed by atoms with Crippen LogP contribution in [0.5, 0.6) is 11.5 Å². The smallest absolute Gasteiger partial charge is 0.178 e. The summed E-state index contributed by atoms with van der Waals surface area (Å²) < 4.78 is 5.87. The highest BCUT2D eigenvalue weighted by molar-refractivity contribution is 9.10. The van der Waals surface area contributed by atoms with Crippen molar-refractivity contribution >= 4 is 50.3 Å². The van der Waals surface area contributed by atoms with E-state index in [-0.39, 0.29) is 16.5 Å². The van der Waals surface area contributed by atoms with Crippen molar-refractivity contribution in [1.29, 1.82) is 5.26 Å². The Bertz CT molecular complexity index is 1010. The maximum Gasteiger partial charge on any atom is 0.178 e. The van der Waals surface area contributed by atoms with Crippen LogP contribution in [0.2, 0.25) is 5.02 Å². The first kappa shape index (κ1) is 16.3. The second-order valence-corrected chi connectivity index (χ2v) is 6.16. The minimum atomic E-state index is -0.146. The van der Waals surface area contributed by atoms with Crippen molar-refractivity contribution in [3.8, 4) is 17.6 Å². The Hall–Kier alpha value is -2.56. The monoisotopic (exact) mass is 404 g/mol. The zero-order valence-corrected chi connectivity index (χ0v) is 14.7. The van der Waals surface area contributed by atoms with E-state index in [9.17, 15) is 10.4 Å². The van der Waals surface area contributed by atoms with Gasteiger partial charge in [0.2, 0.25) is 0 Å². The van der Waals surface area contributed by atoms with Gasteiger partial charge in [-0.25, -0.2) is 9.97 Å². The van der Waals surface area contributed by atoms with E-state index in [0.29, 0.717) is 28.1 Å². The SMILES string of the molecule is COc1cc(C=C(C#N)c2nc3ncc(Br)cc3[nH]2)cc(Cl)c1O. The molecule has 8 heteroatoms. The number of pyridine rings is 1. The molecule has 2 N–H and O–H groups in total. The lowest BCUT2D eigenvalue weighted by molar-refractivity contribution is 0.373. The standard InChI is InChI=1S/C16H10BrClN4O2/c1-24-13-4-8(3-11(18)14(13)23)2-9(6-19)15-21-12-5-10(17)7-20-16(12)22-15/h2-5,7,23H,1H3,(H,20,21,22). The first-order valence-electron chi connectivity index (χ1n) is 6.71. The molecular formula is C16H10BrClN4O2. The predicted molar refractivity (Wildman–Crippen MR) is 94.7 cm³/mol. The number of nitriles is 1. The molecule has 1 aromatic carbocycles. The topological polar surface area (TPSA) is 94.8 Å². The van der Waals surface area contributed by atoms with Crippen LogP contribution in [0.25, 0.3) is 22.8 Å². The molecule has 0 aliphatic carbocycles. The van der Waals surface area contributed by atoms with Crippen LogP contribution in [0.3, 0.4) is 0 Å². The summed E-state index contributed by atoms with van der Waals surface area (Å²) >= 11 is 9.31. The Balaban J connectivity index is 2.09. The van der Waals surface area contributed by atoms with Crippen molar-refractivity contribution in [3.05, 3.63) is 45.3 Å². The summed E-state index contributed by atoms with van der Waals surface area (Å²) in [5.41, 5.74) is 2.12. The van der Waals surface area contributed by atoms with E-state index in [2.05, 4.69) is 37.0 Å². The maximum absolute atomic E-state index is 9.78. The average Bonchev–Trinajstić information content (AvgIpc) is 2.98. The quantitative estimate of drug-likeness (QED) is 0.638. The number of hydrogen-bond donors (Lipinski definition) is 2. The predicted octanol–water partition coefficient (Wildman–Crippen LogP) is 4.15. The lowest BCUT2D eigenvalue weighted by Gasteiger charge is -2.06. The normalized spacial score (nSPS) is 11.5. The summed E-state index contributed by atoms with van der Waals surface area (Å²) in [7, 11) is 1.42. The van der Waals surface area contributed by atoms with E-state index in [1.165, 1.54) is 13.2 Å². The molecule has 0 radical (unpaired) electrons. The molecule has 0 fully saturated rings. The zero-order chi connectivity index (χ0) is 17.3. The van der Waals surface area contributed by atoms with Crippen molar-refractivity contribution in [2.24, 2.45) is 0 Å². The van der Waals surface area contributed by atoms with Gasteiger partial charge in [0.25, 0.3) is 0 Å². The third-order valence-corrected chi connectivity index (χ3v) is 3.98. The number of hydrogen-bond acceptors (Lipinski definition) is 5. The Morgan fingerprint density at radius 3 is 2.96 bits per heavy atom. The molecular weight excluding hydrogens is 396 g/mol. The Morgan fingerprint density at radius 1 is 1.46 bits per heavy atom. The molecule has 0 aliphatic rings. The van der Waals surface area contributed by atoms with Gasteiger partial charge in [-0.05, 0) is 45.8 Å². The third-order valence-electron chi connectivity index (χ3n) is 3.26. The number of imidazole rings is 1. The summed E-state index contributed by atoms with van der Waals surface area (Å²) in [5, 5.41) is 19.4. The fraction of sp³-hybridized carbons (Fsp3) is 0.0625. The molecule has 3 aromatic rings. The number of benzene rings is 1. The Morgan fingerprint density at radius 2 is 2.25 bits per heavy atom. The van der Waals surface area contributed by atoms with Crippen LogP contribution in [0.15, 0.2) is 28.9 Å². The van der Waals surface area contributed by atoms with E-state index in [1.807, 2.05) is 6.07 Å². The number of phenolic OH excluding ortho intramolecular Hbond substituents is 1. The largest absolute Gasteiger partial charge is 0.503 e. The van der Waals surface area contributed by atoms with Crippen molar-refractivity contribution in [1.82, 2.24) is 15.0 Å². The molecule has 0 saturated carbocycles. The van der Waals surface area contributed by atoms with Gasteiger partial charge in [0.15, 0.2) is 23.0 Å². The van der Waals surface area contributed by atoms with Gasteiger partial charge >= 0.3 is 0 Å². The summed E-state index contributed by atoms with van der Waals surface area (Å²) in [6, 6.07) is 7.04. The van der Waals surface area contributed by atoms with Gasteiger partial charge in [-0.3, -0.25) is 0 Å². The van der Waals surface area contributed by atoms with Crippen LogP contribution >= 0.6 is 27.5 Å². The Kier molecular flexibility index (Phi) is 4.42. The number of phenols is 1. The minimum Gasteiger partial charge on any atom is -0.503 e. The first-order chi connectivity index (χ1) is 11.5. The summed E-state index contributed by atoms with van der Waals surface area (Å²) in [6.45, 7) is 0. The summed E-state index contributed by atoms with van der Waals surface area (Å²) in [6.07, 6.45) is 3.23. The molecule has 0 spiro atoms. The van der Waals surface area contributed by atoms with Gasteiger partial charge in [-0.15, -0.1) is 0 Å². The lowest BCUT2D eigenvalue weighted by atomic mass is 10.1. The van der Waals surface area contributed by atoms with E-state index >= 15 is 0 Å². The number of ether oxygens (including phenoxy) is 1. The molecule has 0 amide bonds. The molecule has 0 bridgehead atoms. The summed E-state index contributed by atoms with van der Waals surface area (Å²) in [4.78, 5) is 11.5. The van der Waals surface area contributed by atoms with Gasteiger partial charge in [0, 0.05) is 10.7 Å². The zero-order valence-electron chi connectivity index (χ0n) is 12.3. The number of nitrogens with zero attached hydrogens (tertiary/aromatic N) is 3. The molecule has 0 unspecified atom stereocenters. The number of allylic oxidation sites excluding steroid dienone is 1. The first-order valence-corrected chi connectivity index (χ1v) is 7.89. The highest BCUT2D eigenvalue weighted by Crippen LogP contribution is 2.36. The van der Waals surface area contributed by atoms with Crippen molar-refractivity contribution in [2.45, 2.75) is 0 Å². The van der Waals surface area contributed by atoms with Crippen LogP contribution in [-0.2, 0) is 0 Å². The second-order valence-electron chi connectivity index (χ2n) is 4.83. The molecule has 2 heterocycles. The van der Waals surface area contributed by atoms with Gasteiger partial charge in [-0.1, -0.05) is 11.6 Å². The molecule has 6 nitrogen and oxygen atoms in total. The molecule has 24 heavy (non-hydrogen) atoms. The van der Waals surface area contributed by atoms with Crippen molar-refractivity contribution in [2.75, 3.05) is 7.11 Å². The van der Waals surface area contributed by atoms with E-state index in [4.69, 9.17) is 16.3 Å². The summed E-state index contributed by atoms with van der Waals surface area (Å²) in [5.74, 6) is 0.468. The van der Waals surface area contributed by atoms with E-state index in [0.717, 1.165) is 4.47 Å². The van der Waals surface area contributed by atoms with Crippen LogP contribution in [0.4, 0.5) is 0 Å². The van der Waals surface area contributed by atoms with Crippen LogP contribution in [0, 0.1) is 11.3 Å². The number of nitrogens with one attached hydrogen (secondary N) is 1. The lowest BCUT2D eigenvalue weighted by Crippen LogP contribution is -1.88. The number of halogens is 2.